The average Bonchev–Trinajstić information content (AvgIpc) is 3.89. The molecule has 5 heterocycles. The van der Waals surface area contributed by atoms with Crippen molar-refractivity contribution in [2.45, 2.75) is 146 Å². The van der Waals surface area contributed by atoms with Crippen LogP contribution in [0.4, 0.5) is 0 Å². The number of hydrogen-bond acceptors (Lipinski definition) is 20. The Kier molecular flexibility index (Phi) is 17.9. The zero-order valence-electron chi connectivity index (χ0n) is 29.8. The molecule has 16 atom stereocenters. The van der Waals surface area contributed by atoms with Crippen molar-refractivity contribution in [2.75, 3.05) is 0 Å². The Morgan fingerprint density at radius 1 is 0.358 bits per heavy atom. The monoisotopic (exact) mass is 791 g/mol. The van der Waals surface area contributed by atoms with Gasteiger partial charge >= 0.3 is 0 Å². The molecule has 21 heteroatoms. The Hall–Kier alpha value is -2.20. The van der Waals surface area contributed by atoms with Crippen molar-refractivity contribution in [3.8, 4) is 0 Å². The molecule has 0 spiro atoms. The second-order valence-electron chi connectivity index (χ2n) is 15.7. The summed E-state index contributed by atoms with van der Waals surface area (Å²) in [4.78, 5) is 32.0. The third kappa shape index (κ3) is 10.2. The topological polar surface area (TPSA) is 306 Å². The Bertz CT molecular complexity index is 910. The first-order valence-electron chi connectivity index (χ1n) is 19.2. The molecule has 9 fully saturated rings. The first kappa shape index (κ1) is 43.5. The van der Waals surface area contributed by atoms with Crippen molar-refractivity contribution in [1.82, 2.24) is 42.5 Å². The standard InChI is InChI=1S/C32H55N8.Fe.4HNO2/c1-2-10-18-17(9-1)25-33-26(18)38-28-21-13-5-6-14-22(21)30(35-28)40-32-24-16-8-7-15-23(24)31(36-32)39-29-20-12-4-3-11-19(20)27(34-29)37-25;;4*2-1-3/h9,17-40H,1-8,10-16H2;;4*(H,2,3)/q-1;;;;;/p-4. The van der Waals surface area contributed by atoms with E-state index in [-0.39, 0.29) is 17.1 Å². The zero-order valence-corrected chi connectivity index (χ0v) is 30.9. The van der Waals surface area contributed by atoms with Gasteiger partial charge in [0.15, 0.2) is 0 Å². The quantitative estimate of drug-likeness (QED) is 0.0754. The van der Waals surface area contributed by atoms with E-state index in [0.29, 0.717) is 61.2 Å². The predicted molar refractivity (Wildman–Crippen MR) is 194 cm³/mol. The van der Waals surface area contributed by atoms with Gasteiger partial charge in [-0.25, -0.2) is 0 Å². The van der Waals surface area contributed by atoms with Crippen LogP contribution in [0.1, 0.15) is 96.3 Å². The van der Waals surface area contributed by atoms with E-state index >= 15 is 0 Å². The van der Waals surface area contributed by atoms with Gasteiger partial charge in [0.2, 0.25) is 0 Å². The molecular formula is C32H55FeN12O8-5. The van der Waals surface area contributed by atoms with Crippen LogP contribution in [0.5, 0.6) is 0 Å². The SMILES string of the molecule is O=N[O-].O=N[O-].O=N[O-].O=N[O-].[CH-]1CCCC2C3NC(NC4NC(NC5NC(NC6NC(N3)C3CCCCC63)C3CCCCC53)C3CCCCC43)C12.[Fe]. The van der Waals surface area contributed by atoms with E-state index < -0.39 is 0 Å². The number of nitrogens with one attached hydrogen (secondary N) is 8. The number of fused-ring (bicyclic) bond motifs is 20. The summed E-state index contributed by atoms with van der Waals surface area (Å²) in [5.74, 6) is 5.74. The fraction of sp³-hybridized carbons (Fsp3) is 0.969. The van der Waals surface area contributed by atoms with Crippen molar-refractivity contribution in [1.29, 1.82) is 0 Å². The molecule has 53 heavy (non-hydrogen) atoms. The molecule has 0 radical (unpaired) electrons. The minimum atomic E-state index is 0. The fourth-order valence-electron chi connectivity index (χ4n) is 11.7. The van der Waals surface area contributed by atoms with Crippen LogP contribution in [0.15, 0.2) is 21.4 Å². The zero-order chi connectivity index (χ0) is 37.0. The Balaban J connectivity index is 0.000000431. The summed E-state index contributed by atoms with van der Waals surface area (Å²) in [6.45, 7) is 0. The van der Waals surface area contributed by atoms with Crippen LogP contribution < -0.4 is 42.5 Å². The van der Waals surface area contributed by atoms with E-state index in [0.717, 1.165) is 56.9 Å². The number of rotatable bonds is 0. The summed E-state index contributed by atoms with van der Waals surface area (Å²) >= 11 is 0. The molecule has 8 N–H and O–H groups in total. The maximum atomic E-state index is 8.00. The molecule has 0 aromatic rings. The van der Waals surface area contributed by atoms with Crippen molar-refractivity contribution >= 4 is 0 Å². The van der Waals surface area contributed by atoms with Crippen molar-refractivity contribution in [3.05, 3.63) is 46.9 Å². The van der Waals surface area contributed by atoms with Gasteiger partial charge in [-0.15, -0.1) is 27.3 Å². The Morgan fingerprint density at radius 2 is 0.566 bits per heavy atom. The summed E-state index contributed by atoms with van der Waals surface area (Å²) in [5.41, 5.74) is 0. The normalized spacial score (nSPS) is 44.4. The third-order valence-electron chi connectivity index (χ3n) is 13.6. The van der Waals surface area contributed by atoms with Crippen LogP contribution in [-0.4, -0.2) is 49.3 Å². The summed E-state index contributed by atoms with van der Waals surface area (Å²) in [5, 5.41) is 69.7. The van der Waals surface area contributed by atoms with Crippen molar-refractivity contribution in [3.63, 3.8) is 0 Å². The molecule has 0 amide bonds. The molecule has 5 saturated heterocycles. The first-order valence-corrected chi connectivity index (χ1v) is 19.2. The van der Waals surface area contributed by atoms with E-state index in [2.05, 4.69) is 49.0 Å². The fourth-order valence-corrected chi connectivity index (χ4v) is 11.7. The van der Waals surface area contributed by atoms with Gasteiger partial charge in [0.25, 0.3) is 0 Å². The Morgan fingerprint density at radius 3 is 0.830 bits per heavy atom. The largest absolute Gasteiger partial charge is 0.444 e. The molecule has 9 aliphatic rings. The number of hydrogen-bond donors (Lipinski definition) is 8. The molecule has 4 saturated carbocycles. The van der Waals surface area contributed by atoms with Crippen molar-refractivity contribution < 1.29 is 17.1 Å². The van der Waals surface area contributed by atoms with Gasteiger partial charge in [0.05, 0.1) is 43.2 Å². The van der Waals surface area contributed by atoms with Gasteiger partial charge in [0, 0.05) is 23.2 Å². The maximum absolute atomic E-state index is 8.00. The van der Waals surface area contributed by atoms with E-state index in [1.807, 2.05) is 0 Å². The van der Waals surface area contributed by atoms with E-state index in [1.165, 1.54) is 96.3 Å². The molecule has 5 aliphatic heterocycles. The molecule has 304 valence electrons. The van der Waals surface area contributed by atoms with Gasteiger partial charge < -0.3 is 46.9 Å². The minimum Gasteiger partial charge on any atom is -0.444 e. The average molecular weight is 792 g/mol. The summed E-state index contributed by atoms with van der Waals surface area (Å²) in [7, 11) is 0. The molecule has 0 aromatic carbocycles. The van der Waals surface area contributed by atoms with Crippen LogP contribution in [0.3, 0.4) is 0 Å². The van der Waals surface area contributed by atoms with E-state index in [9.17, 15) is 0 Å². The van der Waals surface area contributed by atoms with Gasteiger partial charge in [0.1, 0.15) is 0 Å². The molecule has 0 aromatic heterocycles. The molecule has 16 unspecified atom stereocenters. The summed E-state index contributed by atoms with van der Waals surface area (Å²) in [6, 6.07) is 0. The molecule has 20 nitrogen and oxygen atoms in total. The van der Waals surface area contributed by atoms with Crippen LogP contribution in [0.2, 0.25) is 0 Å². The minimum absolute atomic E-state index is 0. The van der Waals surface area contributed by atoms with Gasteiger partial charge in [-0.1, -0.05) is 51.4 Å². The maximum Gasteiger partial charge on any atom is 0.0628 e. The van der Waals surface area contributed by atoms with Gasteiger partial charge in [-0.05, 0) is 80.0 Å². The first-order chi connectivity index (χ1) is 25.5. The van der Waals surface area contributed by atoms with Crippen LogP contribution >= 0.6 is 0 Å². The van der Waals surface area contributed by atoms with Crippen LogP contribution in [-0.2, 0) is 17.1 Å². The van der Waals surface area contributed by atoms with Crippen LogP contribution in [0, 0.1) is 94.2 Å². The predicted octanol–water partition coefficient (Wildman–Crippen LogP) is 3.42. The van der Waals surface area contributed by atoms with E-state index in [4.69, 9.17) is 40.5 Å². The van der Waals surface area contributed by atoms with Gasteiger partial charge in [-0.2, -0.15) is 6.42 Å². The second-order valence-corrected chi connectivity index (χ2v) is 15.7. The summed E-state index contributed by atoms with van der Waals surface area (Å²) in [6.07, 6.45) is 26.4. The molecular weight excluding hydrogens is 736 g/mol. The molecule has 8 bridgehead atoms. The van der Waals surface area contributed by atoms with Crippen LogP contribution in [0.25, 0.3) is 0 Å². The van der Waals surface area contributed by atoms with Gasteiger partial charge in [-0.3, -0.25) is 42.5 Å². The smallest absolute Gasteiger partial charge is 0.0628 e. The Labute approximate surface area is 320 Å². The van der Waals surface area contributed by atoms with E-state index in [1.54, 1.807) is 0 Å². The molecule has 4 aliphatic carbocycles. The second kappa shape index (κ2) is 21.8. The summed E-state index contributed by atoms with van der Waals surface area (Å²) < 4.78 is 0. The third-order valence-corrected chi connectivity index (χ3v) is 13.6. The number of nitrogens with zero attached hydrogens (tertiary/aromatic N) is 4. The molecule has 9 rings (SSSR count). The van der Waals surface area contributed by atoms with Crippen molar-refractivity contribution in [2.24, 2.45) is 68.7 Å².